The highest BCUT2D eigenvalue weighted by atomic mass is 127. The van der Waals surface area contributed by atoms with Crippen molar-refractivity contribution in [3.05, 3.63) is 0 Å². The number of nitrogens with one attached hydrogen (secondary N) is 2. The van der Waals surface area contributed by atoms with Crippen LogP contribution in [0, 0.1) is 11.8 Å². The maximum Gasteiger partial charge on any atom is 0.191 e. The normalized spacial score (nSPS) is 23.9. The van der Waals surface area contributed by atoms with Crippen LogP contribution in [0.2, 0.25) is 0 Å². The molecule has 4 nitrogen and oxygen atoms in total. The fourth-order valence-electron chi connectivity index (χ4n) is 2.36. The second kappa shape index (κ2) is 9.82. The molecule has 0 atom stereocenters. The first kappa shape index (κ1) is 20.0. The number of rotatable bonds is 5. The molecule has 0 aromatic heterocycles. The van der Waals surface area contributed by atoms with Crippen molar-refractivity contribution in [3.8, 4) is 0 Å². The van der Waals surface area contributed by atoms with E-state index in [-0.39, 0.29) is 29.6 Å². The van der Waals surface area contributed by atoms with E-state index in [0.717, 1.165) is 30.9 Å². The summed E-state index contributed by atoms with van der Waals surface area (Å²) in [6, 6.07) is 0. The zero-order valence-electron chi connectivity index (χ0n) is 13.7. The van der Waals surface area contributed by atoms with Crippen LogP contribution in [0.5, 0.6) is 0 Å². The quantitative estimate of drug-likeness (QED) is 0.426. The molecule has 0 bridgehead atoms. The van der Waals surface area contributed by atoms with E-state index in [0.29, 0.717) is 0 Å². The van der Waals surface area contributed by atoms with Crippen LogP contribution in [0.4, 0.5) is 0 Å². The Kier molecular flexibility index (Phi) is 9.80. The summed E-state index contributed by atoms with van der Waals surface area (Å²) in [4.78, 5) is 4.26. The van der Waals surface area contributed by atoms with Crippen LogP contribution in [-0.2, 0) is 4.74 Å². The summed E-state index contributed by atoms with van der Waals surface area (Å²) in [6.07, 6.45) is 5.42. The predicted octanol–water partition coefficient (Wildman–Crippen LogP) is 3.02. The van der Waals surface area contributed by atoms with E-state index in [1.807, 2.05) is 7.05 Å². The molecule has 1 aliphatic carbocycles. The third-order valence-corrected chi connectivity index (χ3v) is 4.15. The summed E-state index contributed by atoms with van der Waals surface area (Å²) in [5, 5.41) is 6.76. The minimum atomic E-state index is -0.169. The van der Waals surface area contributed by atoms with Gasteiger partial charge in [-0.3, -0.25) is 4.99 Å². The van der Waals surface area contributed by atoms with E-state index < -0.39 is 0 Å². The monoisotopic (exact) mass is 397 g/mol. The van der Waals surface area contributed by atoms with Crippen LogP contribution in [0.15, 0.2) is 4.99 Å². The molecular weight excluding hydrogens is 365 g/mol. The third-order valence-electron chi connectivity index (χ3n) is 4.15. The van der Waals surface area contributed by atoms with E-state index in [1.165, 1.54) is 25.7 Å². The van der Waals surface area contributed by atoms with Crippen LogP contribution in [0.3, 0.4) is 0 Å². The maximum atomic E-state index is 5.39. The van der Waals surface area contributed by atoms with Gasteiger partial charge < -0.3 is 15.4 Å². The van der Waals surface area contributed by atoms with Crippen molar-refractivity contribution in [2.45, 2.75) is 52.1 Å². The molecule has 0 heterocycles. The Labute approximate surface area is 141 Å². The van der Waals surface area contributed by atoms with Gasteiger partial charge in [0.15, 0.2) is 5.96 Å². The van der Waals surface area contributed by atoms with E-state index in [2.05, 4.69) is 36.4 Å². The van der Waals surface area contributed by atoms with E-state index in [4.69, 9.17) is 4.74 Å². The second-order valence-corrected chi connectivity index (χ2v) is 6.40. The van der Waals surface area contributed by atoms with Crippen molar-refractivity contribution in [2.24, 2.45) is 16.8 Å². The average Bonchev–Trinajstić information content (AvgIpc) is 2.41. The Morgan fingerprint density at radius 2 is 1.80 bits per heavy atom. The number of hydrogen-bond acceptors (Lipinski definition) is 2. The summed E-state index contributed by atoms with van der Waals surface area (Å²) in [6.45, 7) is 8.27. The molecule has 1 aliphatic rings. The highest BCUT2D eigenvalue weighted by Crippen LogP contribution is 2.27. The molecule has 0 unspecified atom stereocenters. The number of halogens is 1. The molecule has 0 amide bonds. The van der Waals surface area contributed by atoms with Crippen molar-refractivity contribution in [1.82, 2.24) is 10.6 Å². The summed E-state index contributed by atoms with van der Waals surface area (Å²) in [7, 11) is 3.55. The van der Waals surface area contributed by atoms with E-state index >= 15 is 0 Å². The Hall–Kier alpha value is -0.0400. The molecule has 0 radical (unpaired) electrons. The van der Waals surface area contributed by atoms with Crippen molar-refractivity contribution in [2.75, 3.05) is 27.2 Å². The first-order valence-electron chi connectivity index (χ1n) is 7.46. The van der Waals surface area contributed by atoms with E-state index in [1.54, 1.807) is 7.11 Å². The minimum absolute atomic E-state index is 0. The molecule has 1 fully saturated rings. The third kappa shape index (κ3) is 7.67. The van der Waals surface area contributed by atoms with Gasteiger partial charge in [0.25, 0.3) is 0 Å². The highest BCUT2D eigenvalue weighted by Gasteiger charge is 2.19. The van der Waals surface area contributed by atoms with Crippen LogP contribution >= 0.6 is 24.0 Å². The van der Waals surface area contributed by atoms with Gasteiger partial charge in [-0.1, -0.05) is 19.8 Å². The van der Waals surface area contributed by atoms with Crippen LogP contribution in [0.1, 0.15) is 46.5 Å². The van der Waals surface area contributed by atoms with Gasteiger partial charge >= 0.3 is 0 Å². The van der Waals surface area contributed by atoms with Crippen molar-refractivity contribution >= 4 is 29.9 Å². The van der Waals surface area contributed by atoms with Gasteiger partial charge in [-0.15, -0.1) is 24.0 Å². The molecule has 0 aliphatic heterocycles. The fraction of sp³-hybridized carbons (Fsp3) is 0.933. The first-order valence-corrected chi connectivity index (χ1v) is 7.46. The van der Waals surface area contributed by atoms with E-state index in [9.17, 15) is 0 Å². The second-order valence-electron chi connectivity index (χ2n) is 6.40. The maximum absolute atomic E-state index is 5.39. The molecule has 20 heavy (non-hydrogen) atoms. The zero-order valence-corrected chi connectivity index (χ0v) is 16.0. The van der Waals surface area contributed by atoms with Gasteiger partial charge in [-0.2, -0.15) is 0 Å². The van der Waals surface area contributed by atoms with Crippen LogP contribution in [-0.4, -0.2) is 38.8 Å². The lowest BCUT2D eigenvalue weighted by atomic mass is 9.83. The highest BCUT2D eigenvalue weighted by molar-refractivity contribution is 14.0. The molecule has 1 rings (SSSR count). The molecular formula is C15H32IN3O. The van der Waals surface area contributed by atoms with Crippen molar-refractivity contribution in [1.29, 1.82) is 0 Å². The smallest absolute Gasteiger partial charge is 0.191 e. The molecule has 0 saturated heterocycles. The molecule has 0 spiro atoms. The van der Waals surface area contributed by atoms with Gasteiger partial charge in [-0.05, 0) is 38.5 Å². The number of methoxy groups -OCH3 is 1. The van der Waals surface area contributed by atoms with Crippen molar-refractivity contribution in [3.63, 3.8) is 0 Å². The van der Waals surface area contributed by atoms with Gasteiger partial charge in [0.05, 0.1) is 5.60 Å². The Balaban J connectivity index is 0.00000361. The SMILES string of the molecule is CN=C(NCC1CCC(C)CC1)NCC(C)(C)OC.I. The predicted molar refractivity (Wildman–Crippen MR) is 97.0 cm³/mol. The summed E-state index contributed by atoms with van der Waals surface area (Å²) in [5.74, 6) is 2.59. The Bertz CT molecular complexity index is 287. The number of nitrogens with zero attached hydrogens (tertiary/aromatic N) is 1. The number of ether oxygens (including phenoxy) is 1. The van der Waals surface area contributed by atoms with Crippen LogP contribution < -0.4 is 10.6 Å². The zero-order chi connectivity index (χ0) is 14.3. The minimum Gasteiger partial charge on any atom is -0.377 e. The lowest BCUT2D eigenvalue weighted by Gasteiger charge is -2.28. The summed E-state index contributed by atoms with van der Waals surface area (Å²) >= 11 is 0. The van der Waals surface area contributed by atoms with Gasteiger partial charge in [0.2, 0.25) is 0 Å². The van der Waals surface area contributed by atoms with Gasteiger partial charge in [-0.25, -0.2) is 0 Å². The topological polar surface area (TPSA) is 45.7 Å². The average molecular weight is 397 g/mol. The lowest BCUT2D eigenvalue weighted by Crippen LogP contribution is -2.46. The van der Waals surface area contributed by atoms with Crippen molar-refractivity contribution < 1.29 is 4.74 Å². The summed E-state index contributed by atoms with van der Waals surface area (Å²) in [5.41, 5.74) is -0.169. The molecule has 5 heteroatoms. The molecule has 1 saturated carbocycles. The number of aliphatic imine (C=N–C) groups is 1. The molecule has 0 aromatic carbocycles. The number of hydrogen-bond donors (Lipinski definition) is 2. The van der Waals surface area contributed by atoms with Gasteiger partial charge in [0.1, 0.15) is 0 Å². The summed E-state index contributed by atoms with van der Waals surface area (Å²) < 4.78 is 5.39. The van der Waals surface area contributed by atoms with Crippen LogP contribution in [0.25, 0.3) is 0 Å². The standard InChI is InChI=1S/C15H31N3O.HI/c1-12-6-8-13(9-7-12)10-17-14(16-4)18-11-15(2,3)19-5;/h12-13H,6-11H2,1-5H3,(H2,16,17,18);1H. The lowest BCUT2D eigenvalue weighted by molar-refractivity contribution is 0.0268. The largest absolute Gasteiger partial charge is 0.377 e. The fourth-order valence-corrected chi connectivity index (χ4v) is 2.36. The Morgan fingerprint density at radius 1 is 1.20 bits per heavy atom. The number of guanidine groups is 1. The molecule has 120 valence electrons. The molecule has 0 aromatic rings. The first-order chi connectivity index (χ1) is 8.96. The molecule has 2 N–H and O–H groups in total. The van der Waals surface area contributed by atoms with Gasteiger partial charge in [0, 0.05) is 27.2 Å². The Morgan fingerprint density at radius 3 is 2.30 bits per heavy atom.